The van der Waals surface area contributed by atoms with Crippen LogP contribution >= 0.6 is 0 Å². The number of ether oxygens (including phenoxy) is 1. The standard InChI is InChI=1S/C24H24N6O2/c1-16-15-17(2)30(28-16)22-13-14-23(27-26-22)32-21-11-7-19(8-12-21)25-24(31)18-5-9-20(10-6-18)29(3)4/h5-15H,1-4H3,(H,25,31). The molecule has 0 atom stereocenters. The summed E-state index contributed by atoms with van der Waals surface area (Å²) in [7, 11) is 3.92. The van der Waals surface area contributed by atoms with Gasteiger partial charge in [0.15, 0.2) is 5.82 Å². The van der Waals surface area contributed by atoms with Gasteiger partial charge in [-0.3, -0.25) is 4.79 Å². The number of hydrogen-bond donors (Lipinski definition) is 1. The molecule has 0 bridgehead atoms. The first-order valence-electron chi connectivity index (χ1n) is 10.1. The number of nitrogens with zero attached hydrogens (tertiary/aromatic N) is 5. The summed E-state index contributed by atoms with van der Waals surface area (Å²) in [4.78, 5) is 14.4. The summed E-state index contributed by atoms with van der Waals surface area (Å²) in [6.07, 6.45) is 0. The second-order valence-corrected chi connectivity index (χ2v) is 7.59. The number of nitrogens with one attached hydrogen (secondary N) is 1. The number of hydrogen-bond acceptors (Lipinski definition) is 6. The maximum absolute atomic E-state index is 12.5. The third kappa shape index (κ3) is 4.75. The van der Waals surface area contributed by atoms with Gasteiger partial charge in [-0.1, -0.05) is 0 Å². The van der Waals surface area contributed by atoms with E-state index in [1.807, 2.05) is 51.0 Å². The van der Waals surface area contributed by atoms with Crippen molar-refractivity contribution in [3.63, 3.8) is 0 Å². The molecule has 4 aromatic rings. The Kier molecular flexibility index (Phi) is 5.85. The second-order valence-electron chi connectivity index (χ2n) is 7.59. The van der Waals surface area contributed by atoms with Gasteiger partial charge in [-0.15, -0.1) is 10.2 Å². The van der Waals surface area contributed by atoms with E-state index < -0.39 is 0 Å². The Morgan fingerprint density at radius 1 is 0.938 bits per heavy atom. The van der Waals surface area contributed by atoms with E-state index in [0.717, 1.165) is 17.1 Å². The number of anilines is 2. The molecule has 0 unspecified atom stereocenters. The van der Waals surface area contributed by atoms with Crippen LogP contribution in [0.15, 0.2) is 66.7 Å². The van der Waals surface area contributed by atoms with E-state index in [2.05, 4.69) is 20.6 Å². The van der Waals surface area contributed by atoms with Crippen molar-refractivity contribution in [1.82, 2.24) is 20.0 Å². The fourth-order valence-electron chi connectivity index (χ4n) is 3.18. The normalized spacial score (nSPS) is 10.6. The largest absolute Gasteiger partial charge is 0.438 e. The number of carbonyl (C=O) groups excluding carboxylic acids is 1. The van der Waals surface area contributed by atoms with Gasteiger partial charge in [0.1, 0.15) is 5.75 Å². The molecule has 0 spiro atoms. The second kappa shape index (κ2) is 8.89. The van der Waals surface area contributed by atoms with Crippen LogP contribution in [0.3, 0.4) is 0 Å². The number of aromatic nitrogens is 4. The van der Waals surface area contributed by atoms with Crippen LogP contribution in [0.5, 0.6) is 11.6 Å². The van der Waals surface area contributed by atoms with Crippen LogP contribution < -0.4 is 15.0 Å². The molecule has 0 aliphatic carbocycles. The molecule has 2 aromatic heterocycles. The summed E-state index contributed by atoms with van der Waals surface area (Å²) in [5.74, 6) is 1.41. The molecule has 8 nitrogen and oxygen atoms in total. The van der Waals surface area contributed by atoms with Gasteiger partial charge >= 0.3 is 0 Å². The maximum Gasteiger partial charge on any atom is 0.255 e. The van der Waals surface area contributed by atoms with Crippen LogP contribution in [0, 0.1) is 13.8 Å². The summed E-state index contributed by atoms with van der Waals surface area (Å²) in [5.41, 5.74) is 4.20. The Labute approximate surface area is 186 Å². The van der Waals surface area contributed by atoms with Gasteiger partial charge in [0, 0.05) is 42.8 Å². The zero-order valence-electron chi connectivity index (χ0n) is 18.4. The smallest absolute Gasteiger partial charge is 0.255 e. The highest BCUT2D eigenvalue weighted by Gasteiger charge is 2.09. The van der Waals surface area contributed by atoms with Gasteiger partial charge in [-0.05, 0) is 74.5 Å². The van der Waals surface area contributed by atoms with Crippen LogP contribution in [0.1, 0.15) is 21.7 Å². The first kappa shape index (κ1) is 21.0. The zero-order valence-corrected chi connectivity index (χ0v) is 18.4. The predicted molar refractivity (Wildman–Crippen MR) is 124 cm³/mol. The Morgan fingerprint density at radius 3 is 2.22 bits per heavy atom. The lowest BCUT2D eigenvalue weighted by Crippen LogP contribution is -2.13. The lowest BCUT2D eigenvalue weighted by atomic mass is 10.2. The molecule has 0 saturated heterocycles. The molecule has 32 heavy (non-hydrogen) atoms. The minimum absolute atomic E-state index is 0.172. The number of rotatable bonds is 6. The van der Waals surface area contributed by atoms with Crippen LogP contribution in [-0.4, -0.2) is 40.0 Å². The van der Waals surface area contributed by atoms with Crippen LogP contribution in [0.25, 0.3) is 5.82 Å². The monoisotopic (exact) mass is 428 g/mol. The number of benzene rings is 2. The molecule has 162 valence electrons. The summed E-state index contributed by atoms with van der Waals surface area (Å²) in [6.45, 7) is 3.90. The molecular weight excluding hydrogens is 404 g/mol. The van der Waals surface area contributed by atoms with Crippen LogP contribution in [0.4, 0.5) is 11.4 Å². The molecule has 1 N–H and O–H groups in total. The molecule has 0 saturated carbocycles. The van der Waals surface area contributed by atoms with E-state index in [0.29, 0.717) is 28.7 Å². The highest BCUT2D eigenvalue weighted by molar-refractivity contribution is 6.04. The van der Waals surface area contributed by atoms with Gasteiger partial charge in [0.2, 0.25) is 5.88 Å². The van der Waals surface area contributed by atoms with Crippen molar-refractivity contribution >= 4 is 17.3 Å². The molecule has 0 radical (unpaired) electrons. The van der Waals surface area contributed by atoms with Crippen LogP contribution in [-0.2, 0) is 0 Å². The predicted octanol–water partition coefficient (Wildman–Crippen LogP) is 4.39. The Balaban J connectivity index is 1.38. The van der Waals surface area contributed by atoms with E-state index in [-0.39, 0.29) is 5.91 Å². The van der Waals surface area contributed by atoms with Gasteiger partial charge in [-0.25, -0.2) is 4.68 Å². The van der Waals surface area contributed by atoms with Crippen molar-refractivity contribution in [2.75, 3.05) is 24.3 Å². The zero-order chi connectivity index (χ0) is 22.7. The summed E-state index contributed by atoms with van der Waals surface area (Å²) in [6, 6.07) is 20.0. The van der Waals surface area contributed by atoms with E-state index in [9.17, 15) is 4.79 Å². The molecule has 8 heteroatoms. The summed E-state index contributed by atoms with van der Waals surface area (Å²) in [5, 5.41) is 15.6. The first-order valence-corrected chi connectivity index (χ1v) is 10.1. The van der Waals surface area contributed by atoms with E-state index in [1.54, 1.807) is 53.2 Å². The number of aryl methyl sites for hydroxylation is 2. The number of amides is 1. The van der Waals surface area contributed by atoms with E-state index in [4.69, 9.17) is 4.74 Å². The third-order valence-electron chi connectivity index (χ3n) is 4.83. The molecule has 2 aromatic carbocycles. The average molecular weight is 428 g/mol. The third-order valence-corrected chi connectivity index (χ3v) is 4.83. The molecule has 1 amide bonds. The molecule has 4 rings (SSSR count). The molecule has 0 aliphatic rings. The minimum Gasteiger partial charge on any atom is -0.438 e. The summed E-state index contributed by atoms with van der Waals surface area (Å²) < 4.78 is 7.50. The van der Waals surface area contributed by atoms with Gasteiger partial charge in [-0.2, -0.15) is 5.10 Å². The first-order chi connectivity index (χ1) is 15.4. The van der Waals surface area contributed by atoms with Gasteiger partial charge in [0.25, 0.3) is 5.91 Å². The van der Waals surface area contributed by atoms with Crippen molar-refractivity contribution in [2.24, 2.45) is 0 Å². The van der Waals surface area contributed by atoms with Crippen molar-refractivity contribution in [3.05, 3.63) is 83.7 Å². The van der Waals surface area contributed by atoms with Crippen molar-refractivity contribution in [3.8, 4) is 17.4 Å². The van der Waals surface area contributed by atoms with E-state index in [1.165, 1.54) is 0 Å². The molecule has 0 fully saturated rings. The fraction of sp³-hybridized carbons (Fsp3) is 0.167. The van der Waals surface area contributed by atoms with Crippen LogP contribution in [0.2, 0.25) is 0 Å². The highest BCUT2D eigenvalue weighted by atomic mass is 16.5. The molecule has 0 aliphatic heterocycles. The van der Waals surface area contributed by atoms with Crippen molar-refractivity contribution in [2.45, 2.75) is 13.8 Å². The fourth-order valence-corrected chi connectivity index (χ4v) is 3.18. The minimum atomic E-state index is -0.172. The lowest BCUT2D eigenvalue weighted by molar-refractivity contribution is 0.102. The van der Waals surface area contributed by atoms with E-state index >= 15 is 0 Å². The molecule has 2 heterocycles. The van der Waals surface area contributed by atoms with Gasteiger partial charge < -0.3 is 15.0 Å². The average Bonchev–Trinajstić information content (AvgIpc) is 3.13. The number of carbonyl (C=O) groups is 1. The molecular formula is C24H24N6O2. The SMILES string of the molecule is Cc1cc(C)n(-c2ccc(Oc3ccc(NC(=O)c4ccc(N(C)C)cc4)cc3)nn2)n1. The Hall–Kier alpha value is -4.20. The van der Waals surface area contributed by atoms with Crippen molar-refractivity contribution in [1.29, 1.82) is 0 Å². The maximum atomic E-state index is 12.5. The van der Waals surface area contributed by atoms with Crippen molar-refractivity contribution < 1.29 is 9.53 Å². The lowest BCUT2D eigenvalue weighted by Gasteiger charge is -2.12. The Morgan fingerprint density at radius 2 is 1.66 bits per heavy atom. The van der Waals surface area contributed by atoms with Gasteiger partial charge in [0.05, 0.1) is 5.69 Å². The Bertz CT molecular complexity index is 1210. The summed E-state index contributed by atoms with van der Waals surface area (Å²) >= 11 is 0. The topological polar surface area (TPSA) is 85.2 Å². The highest BCUT2D eigenvalue weighted by Crippen LogP contribution is 2.22. The quantitative estimate of drug-likeness (QED) is 0.490.